The van der Waals surface area contributed by atoms with E-state index in [1.54, 1.807) is 0 Å². The van der Waals surface area contributed by atoms with E-state index in [0.717, 1.165) is 0 Å². The third kappa shape index (κ3) is 38.3. The molecule has 0 saturated carbocycles. The molecule has 0 aromatic rings. The van der Waals surface area contributed by atoms with Crippen molar-refractivity contribution in [3.05, 3.63) is 0 Å². The first-order valence-electron chi connectivity index (χ1n) is 16.3. The molecule has 0 rings (SSSR count). The Bertz CT molecular complexity index is 425. The molecule has 5 nitrogen and oxygen atoms in total. The average Bonchev–Trinajstić information content (AvgIpc) is 2.83. The lowest BCUT2D eigenvalue weighted by Gasteiger charge is -2.35. The lowest BCUT2D eigenvalue weighted by molar-refractivity contribution is -0.910. The van der Waals surface area contributed by atoms with E-state index >= 15 is 0 Å². The Morgan fingerprint density at radius 1 is 0.459 bits per heavy atom. The van der Waals surface area contributed by atoms with Crippen LogP contribution in [0.25, 0.3) is 0 Å². The molecule has 37 heavy (non-hydrogen) atoms. The predicted molar refractivity (Wildman–Crippen MR) is 161 cm³/mol. The molecule has 0 spiro atoms. The minimum absolute atomic E-state index is 1.36. The first-order chi connectivity index (χ1) is 17.7. The molecular weight excluding hydrogens is 481 g/mol. The molecule has 226 valence electrons. The summed E-state index contributed by atoms with van der Waals surface area (Å²) in [4.78, 5) is 22.9. The summed E-state index contributed by atoms with van der Waals surface area (Å²) in [7, 11) is -2.30. The van der Waals surface area contributed by atoms with E-state index in [1.807, 2.05) is 0 Å². The summed E-state index contributed by atoms with van der Waals surface area (Å²) in [5.41, 5.74) is 0. The molecule has 0 saturated heterocycles. The Morgan fingerprint density at radius 2 is 0.622 bits per heavy atom. The Balaban J connectivity index is 0. The summed E-state index contributed by atoms with van der Waals surface area (Å²) in [6.07, 6.45) is 34.8. The number of quaternary nitrogens is 1. The van der Waals surface area contributed by atoms with E-state index in [9.17, 15) is 0 Å². The van der Waals surface area contributed by atoms with Crippen LogP contribution in [0.5, 0.6) is 0 Å². The van der Waals surface area contributed by atoms with Crippen LogP contribution in [0.4, 0.5) is 0 Å². The van der Waals surface area contributed by atoms with Gasteiger partial charge in [-0.15, -0.1) is 0 Å². The molecule has 0 amide bonds. The molecule has 0 unspecified atom stereocenters. The molecule has 0 aliphatic carbocycles. The number of nitrogens with zero attached hydrogens (tertiary/aromatic N) is 1. The second kappa shape index (κ2) is 29.1. The fraction of sp³-hybridized carbons (Fsp3) is 1.00. The van der Waals surface area contributed by atoms with Crippen LogP contribution in [0.3, 0.4) is 0 Å². The van der Waals surface area contributed by atoms with Gasteiger partial charge < -0.3 is 19.2 Å². The van der Waals surface area contributed by atoms with Crippen LogP contribution in [-0.4, -0.2) is 41.0 Å². The van der Waals surface area contributed by atoms with Crippen LogP contribution in [0.15, 0.2) is 0 Å². The van der Waals surface area contributed by atoms with Crippen LogP contribution >= 0.6 is 7.82 Å². The summed E-state index contributed by atoms with van der Waals surface area (Å²) in [5.74, 6) is 0. The quantitative estimate of drug-likeness (QED) is 0.0608. The van der Waals surface area contributed by atoms with E-state index in [2.05, 4.69) is 27.8 Å². The fourth-order valence-electron chi connectivity index (χ4n) is 5.22. The van der Waals surface area contributed by atoms with E-state index in [1.165, 1.54) is 178 Å². The van der Waals surface area contributed by atoms with Crippen LogP contribution in [-0.2, 0) is 4.57 Å². The minimum atomic E-state index is -4.89. The van der Waals surface area contributed by atoms with Crippen LogP contribution in [0, 0.1) is 0 Å². The van der Waals surface area contributed by atoms with Gasteiger partial charge in [0.1, 0.15) is 0 Å². The maximum absolute atomic E-state index is 8.77. The molecule has 0 aliphatic rings. The van der Waals surface area contributed by atoms with Gasteiger partial charge in [0.25, 0.3) is 7.82 Å². The van der Waals surface area contributed by atoms with Gasteiger partial charge in [-0.2, -0.15) is 0 Å². The van der Waals surface area contributed by atoms with Gasteiger partial charge in [-0.25, -0.2) is 0 Å². The van der Waals surface area contributed by atoms with Gasteiger partial charge >= 0.3 is 0 Å². The highest BCUT2D eigenvalue weighted by Crippen LogP contribution is 2.19. The van der Waals surface area contributed by atoms with Crippen molar-refractivity contribution in [1.82, 2.24) is 0 Å². The maximum atomic E-state index is 8.77. The van der Waals surface area contributed by atoms with E-state index < -0.39 is 7.82 Å². The standard InChI is InChI=1S/C31H66N.H3O4P/c1-5-8-11-14-17-20-23-26-29-32(4,30-27-24-21-18-15-12-9-6-2)31-28-25-22-19-16-13-10-7-3;1-5(2,3)4/h5-31H2,1-4H3;(H3,1,2,3,4)/q+1;/p-1. The SMILES string of the molecule is CCCCCCCCCC[N+](C)(CCCCCCCCCC)CCCCCCCCCC.O=P([O-])(O)O. The molecule has 0 aromatic carbocycles. The second-order valence-corrected chi connectivity index (χ2v) is 12.7. The van der Waals surface area contributed by atoms with Gasteiger partial charge in [-0.3, -0.25) is 4.57 Å². The van der Waals surface area contributed by atoms with Crippen LogP contribution in [0.2, 0.25) is 0 Å². The molecule has 0 atom stereocenters. The van der Waals surface area contributed by atoms with E-state index in [4.69, 9.17) is 19.2 Å². The summed E-state index contributed by atoms with van der Waals surface area (Å²) >= 11 is 0. The smallest absolute Gasteiger partial charge is 0.262 e. The van der Waals surface area contributed by atoms with Crippen molar-refractivity contribution in [3.63, 3.8) is 0 Å². The zero-order chi connectivity index (χ0) is 28.1. The molecule has 0 bridgehead atoms. The van der Waals surface area contributed by atoms with Gasteiger partial charge in [0.2, 0.25) is 0 Å². The highest BCUT2D eigenvalue weighted by Gasteiger charge is 2.20. The van der Waals surface area contributed by atoms with E-state index in [-0.39, 0.29) is 0 Å². The monoisotopic (exact) mass is 549 g/mol. The lowest BCUT2D eigenvalue weighted by Crippen LogP contribution is -2.46. The number of hydrogen-bond donors (Lipinski definition) is 2. The minimum Gasteiger partial charge on any atom is -0.756 e. The highest BCUT2D eigenvalue weighted by atomic mass is 31.2. The van der Waals surface area contributed by atoms with Crippen molar-refractivity contribution in [3.8, 4) is 0 Å². The fourth-order valence-corrected chi connectivity index (χ4v) is 5.22. The maximum Gasteiger partial charge on any atom is 0.262 e. The average molecular weight is 550 g/mol. The molecular formula is C31H68NO4P. The van der Waals surface area contributed by atoms with Crippen molar-refractivity contribution < 1.29 is 23.7 Å². The summed E-state index contributed by atoms with van der Waals surface area (Å²) in [6.45, 7) is 11.2. The second-order valence-electron chi connectivity index (χ2n) is 11.7. The molecule has 0 heterocycles. The van der Waals surface area contributed by atoms with Gasteiger partial charge in [0.05, 0.1) is 26.7 Å². The first-order valence-corrected chi connectivity index (χ1v) is 17.8. The Kier molecular flexibility index (Phi) is 30.8. The van der Waals surface area contributed by atoms with Crippen molar-refractivity contribution in [2.75, 3.05) is 26.7 Å². The van der Waals surface area contributed by atoms with Gasteiger partial charge in [0, 0.05) is 0 Å². The number of phosphoric acid groups is 1. The van der Waals surface area contributed by atoms with Crippen molar-refractivity contribution >= 4 is 7.82 Å². The summed E-state index contributed by atoms with van der Waals surface area (Å²) < 4.78 is 10.1. The molecule has 2 N–H and O–H groups in total. The molecule has 6 heteroatoms. The van der Waals surface area contributed by atoms with Crippen molar-refractivity contribution in [1.29, 1.82) is 0 Å². The largest absolute Gasteiger partial charge is 0.756 e. The van der Waals surface area contributed by atoms with Crippen LogP contribution < -0.4 is 4.89 Å². The first kappa shape index (κ1) is 39.2. The van der Waals surface area contributed by atoms with Crippen molar-refractivity contribution in [2.24, 2.45) is 0 Å². The topological polar surface area (TPSA) is 80.6 Å². The van der Waals surface area contributed by atoms with Gasteiger partial charge in [-0.05, 0) is 38.5 Å². The molecule has 0 aliphatic heterocycles. The molecule has 0 radical (unpaired) electrons. The normalized spacial score (nSPS) is 12.0. The molecule has 0 fully saturated rings. The number of hydrogen-bond acceptors (Lipinski definition) is 2. The number of unbranched alkanes of at least 4 members (excludes halogenated alkanes) is 21. The summed E-state index contributed by atoms with van der Waals surface area (Å²) in [5, 5.41) is 0. The van der Waals surface area contributed by atoms with Crippen molar-refractivity contribution in [2.45, 2.75) is 175 Å². The van der Waals surface area contributed by atoms with Gasteiger partial charge in [0.15, 0.2) is 0 Å². The van der Waals surface area contributed by atoms with Gasteiger partial charge in [-0.1, -0.05) is 136 Å². The Morgan fingerprint density at radius 3 is 0.811 bits per heavy atom. The van der Waals surface area contributed by atoms with Crippen LogP contribution in [0.1, 0.15) is 175 Å². The zero-order valence-corrected chi connectivity index (χ0v) is 26.6. The zero-order valence-electron chi connectivity index (χ0n) is 25.7. The Hall–Kier alpha value is 0.0700. The third-order valence-corrected chi connectivity index (χ3v) is 7.65. The molecule has 0 aromatic heterocycles. The predicted octanol–water partition coefficient (Wildman–Crippen LogP) is 9.29. The van der Waals surface area contributed by atoms with E-state index in [0.29, 0.717) is 0 Å². The number of rotatable bonds is 27. The third-order valence-electron chi connectivity index (χ3n) is 7.65. The Labute approximate surface area is 233 Å². The highest BCUT2D eigenvalue weighted by molar-refractivity contribution is 7.43. The lowest BCUT2D eigenvalue weighted by atomic mass is 10.1. The summed E-state index contributed by atoms with van der Waals surface area (Å²) in [6, 6.07) is 0.